The summed E-state index contributed by atoms with van der Waals surface area (Å²) in [5.41, 5.74) is 0.585. The first-order chi connectivity index (χ1) is 40.1. The van der Waals surface area contributed by atoms with Gasteiger partial charge in [0.1, 0.15) is 29.5 Å². The van der Waals surface area contributed by atoms with Crippen molar-refractivity contribution in [2.45, 2.75) is 90.1 Å². The first kappa shape index (κ1) is 56.6. The Morgan fingerprint density at radius 3 is 2.17 bits per heavy atom. The third-order valence-electron chi connectivity index (χ3n) is 16.2. The van der Waals surface area contributed by atoms with Crippen LogP contribution in [0.4, 0.5) is 11.8 Å². The first-order valence-corrected chi connectivity index (χ1v) is 28.9. The van der Waals surface area contributed by atoms with Crippen molar-refractivity contribution in [2.24, 2.45) is 29.1 Å². The number of nitrogens with one attached hydrogen (secondary N) is 3. The van der Waals surface area contributed by atoms with E-state index in [9.17, 15) is 19.6 Å². The summed E-state index contributed by atoms with van der Waals surface area (Å²) in [6.45, 7) is 8.75. The fourth-order valence-corrected chi connectivity index (χ4v) is 13.4. The van der Waals surface area contributed by atoms with Crippen molar-refractivity contribution in [3.05, 3.63) is 154 Å². The molecule has 3 fully saturated rings. The number of carbonyl (C=O) groups is 2. The lowest BCUT2D eigenvalue weighted by atomic mass is 9.79. The molecule has 24 heteroatoms. The standard InChI is InChI=1S/C59H63N12O11P/c1-8-44-35(4)48(56(80-44)71-52-46(68-69-71)55(74)67-57(65-52)66-53(72)34(2)3)82-83(75,78-29-15-28-60)79-31-58-30-43(58)47(70-33-63-45-50(61-32-62-51(45)70)64-54(73)37-16-11-9-12-17-37)36(5)49(58)81-59(38-18-13-10-14-19-38,39-20-24-41(76-6)25-21-39)40-22-26-42(77-7)27-23-40/h9-14,16-27,32-36,43-44,47-49,56H,8,15,29-31H2,1-7H3,(H,61,62,64,73)(H2,65,66,67,72,74)/t35-,36+,43-,44-,47+,48-,49+,56-,58-,83?/m1/s1. The molecule has 430 valence electrons. The van der Waals surface area contributed by atoms with E-state index < -0.39 is 60.8 Å². The molecule has 5 heterocycles. The van der Waals surface area contributed by atoms with E-state index in [-0.39, 0.29) is 72.3 Å². The van der Waals surface area contributed by atoms with Crippen molar-refractivity contribution >= 4 is 53.7 Å². The van der Waals surface area contributed by atoms with Gasteiger partial charge in [-0.1, -0.05) is 113 Å². The highest BCUT2D eigenvalue weighted by Crippen LogP contribution is 2.73. The van der Waals surface area contributed by atoms with Crippen LogP contribution in [0.2, 0.25) is 0 Å². The van der Waals surface area contributed by atoms with Gasteiger partial charge in [0.2, 0.25) is 11.9 Å². The van der Waals surface area contributed by atoms with Crippen molar-refractivity contribution in [2.75, 3.05) is 38.1 Å². The minimum absolute atomic E-state index is 0.0270. The van der Waals surface area contributed by atoms with Crippen LogP contribution >= 0.6 is 7.82 Å². The number of carbonyl (C=O) groups excluding carboxylic acids is 2. The molecule has 83 heavy (non-hydrogen) atoms. The highest BCUT2D eigenvalue weighted by Gasteiger charge is 2.73. The summed E-state index contributed by atoms with van der Waals surface area (Å²) < 4.78 is 64.6. The van der Waals surface area contributed by atoms with Gasteiger partial charge < -0.3 is 28.8 Å². The molecule has 4 aromatic carbocycles. The molecule has 0 radical (unpaired) electrons. The van der Waals surface area contributed by atoms with Crippen molar-refractivity contribution in [1.82, 2.24) is 44.5 Å². The van der Waals surface area contributed by atoms with E-state index in [2.05, 4.69) is 48.9 Å². The molecule has 1 aliphatic heterocycles. The Bertz CT molecular complexity index is 3750. The van der Waals surface area contributed by atoms with Crippen LogP contribution in [0.5, 0.6) is 11.5 Å². The molecular weight excluding hydrogens is 1080 g/mol. The Balaban J connectivity index is 1.01. The number of phosphoric ester groups is 1. The first-order valence-electron chi connectivity index (χ1n) is 27.5. The minimum atomic E-state index is -4.75. The Hall–Kier alpha value is -8.23. The summed E-state index contributed by atoms with van der Waals surface area (Å²) >= 11 is 0. The molecule has 4 aromatic heterocycles. The van der Waals surface area contributed by atoms with Gasteiger partial charge in [0.25, 0.3) is 11.5 Å². The second-order valence-corrected chi connectivity index (χ2v) is 23.1. The summed E-state index contributed by atoms with van der Waals surface area (Å²) in [5.74, 6) is -0.883. The quantitative estimate of drug-likeness (QED) is 0.0324. The normalized spacial score (nSPS) is 23.6. The molecule has 2 saturated carbocycles. The van der Waals surface area contributed by atoms with Gasteiger partial charge in [-0.25, -0.2) is 19.5 Å². The molecule has 8 aromatic rings. The fraction of sp³-hybridized carbons (Fsp3) is 0.390. The molecule has 0 bridgehead atoms. The van der Waals surface area contributed by atoms with Gasteiger partial charge in [0, 0.05) is 34.8 Å². The number of methoxy groups -OCH3 is 2. The number of nitrogens with zero attached hydrogens (tertiary/aromatic N) is 9. The van der Waals surface area contributed by atoms with Crippen molar-refractivity contribution in [1.29, 1.82) is 5.26 Å². The second kappa shape index (κ2) is 23.2. The molecule has 3 aliphatic rings. The van der Waals surface area contributed by atoms with Crippen LogP contribution in [0.3, 0.4) is 0 Å². The monoisotopic (exact) mass is 1150 g/mol. The number of rotatable bonds is 22. The van der Waals surface area contributed by atoms with Gasteiger partial charge in [-0.05, 0) is 71.8 Å². The van der Waals surface area contributed by atoms with E-state index in [0.29, 0.717) is 41.1 Å². The summed E-state index contributed by atoms with van der Waals surface area (Å²) in [5, 5.41) is 23.7. The largest absolute Gasteiger partial charge is 0.497 e. The summed E-state index contributed by atoms with van der Waals surface area (Å²) in [7, 11) is -1.52. The van der Waals surface area contributed by atoms with Crippen LogP contribution in [0, 0.1) is 40.4 Å². The predicted molar refractivity (Wildman–Crippen MR) is 303 cm³/mol. The molecule has 1 unspecified atom stereocenters. The molecular formula is C59H63N12O11P. The molecule has 11 rings (SSSR count). The number of aromatic nitrogens is 9. The second-order valence-electron chi connectivity index (χ2n) is 21.4. The van der Waals surface area contributed by atoms with Crippen molar-refractivity contribution in [3.8, 4) is 17.6 Å². The average Bonchev–Trinajstić information content (AvgIpc) is 1.61. The number of anilines is 2. The van der Waals surface area contributed by atoms with Crippen LogP contribution in [0.1, 0.15) is 93.2 Å². The average molecular weight is 1150 g/mol. The maximum Gasteiger partial charge on any atom is 0.475 e. The van der Waals surface area contributed by atoms with E-state index >= 15 is 4.57 Å². The highest BCUT2D eigenvalue weighted by atomic mass is 31.2. The Morgan fingerprint density at radius 2 is 1.53 bits per heavy atom. The number of amides is 2. The number of phosphoric acid groups is 1. The molecule has 2 amide bonds. The van der Waals surface area contributed by atoms with Gasteiger partial charge in [-0.2, -0.15) is 14.9 Å². The van der Waals surface area contributed by atoms with Crippen LogP contribution in [0.25, 0.3) is 22.3 Å². The van der Waals surface area contributed by atoms with Gasteiger partial charge in [0.05, 0.1) is 58.5 Å². The third kappa shape index (κ3) is 10.6. The lowest BCUT2D eigenvalue weighted by Gasteiger charge is -2.42. The fourth-order valence-electron chi connectivity index (χ4n) is 11.9. The molecule has 10 atom stereocenters. The predicted octanol–water partition coefficient (Wildman–Crippen LogP) is 9.18. The molecule has 1 saturated heterocycles. The van der Waals surface area contributed by atoms with E-state index in [1.807, 2.05) is 103 Å². The Kier molecular flexibility index (Phi) is 15.8. The van der Waals surface area contributed by atoms with Crippen LogP contribution in [-0.4, -0.2) is 102 Å². The number of nitriles is 1. The number of hydrogen-bond donors (Lipinski definition) is 3. The zero-order valence-corrected chi connectivity index (χ0v) is 47.6. The van der Waals surface area contributed by atoms with Crippen molar-refractivity contribution < 1.29 is 46.7 Å². The molecule has 2 aliphatic carbocycles. The molecule has 23 nitrogen and oxygen atoms in total. The number of fused-ring (bicyclic) bond motifs is 3. The Morgan fingerprint density at radius 1 is 0.867 bits per heavy atom. The number of hydrogen-bond acceptors (Lipinski definition) is 18. The number of H-pyrrole nitrogens is 1. The van der Waals surface area contributed by atoms with Crippen molar-refractivity contribution in [3.63, 3.8) is 0 Å². The van der Waals surface area contributed by atoms with E-state index in [4.69, 9.17) is 42.5 Å². The zero-order chi connectivity index (χ0) is 58.2. The van der Waals surface area contributed by atoms with Gasteiger partial charge in [0.15, 0.2) is 34.4 Å². The van der Waals surface area contributed by atoms with Crippen LogP contribution in [0.15, 0.2) is 127 Å². The zero-order valence-electron chi connectivity index (χ0n) is 46.7. The number of imidazole rings is 1. The number of ether oxygens (including phenoxy) is 4. The van der Waals surface area contributed by atoms with E-state index in [1.54, 1.807) is 58.7 Å². The van der Waals surface area contributed by atoms with Crippen LogP contribution in [-0.2, 0) is 38.0 Å². The maximum absolute atomic E-state index is 15.8. The SMILES string of the molecule is CC[C@H]1O[C@@H](n2nnc3c(=O)[nH]c(NC(=O)C(C)C)nc32)[C@H](OP(=O)(OCCC#N)OC[C@]23C[C@@H]2[C@@H](n2cnc4c(NC(=O)c5ccccc5)ncnc42)[C@H](C)[C@@H]3OC(c2ccccc2)(c2ccc(OC)cc2)c2ccc(OC)cc2)[C@@H]1C. The van der Waals surface area contributed by atoms with Gasteiger partial charge in [-0.3, -0.25) is 38.3 Å². The topological polar surface area (TPSA) is 284 Å². The third-order valence-corrected chi connectivity index (χ3v) is 17.7. The van der Waals surface area contributed by atoms with E-state index in [1.165, 1.54) is 11.0 Å². The minimum Gasteiger partial charge on any atom is -0.497 e. The summed E-state index contributed by atoms with van der Waals surface area (Å²) in [6.07, 6.45) is 0.434. The summed E-state index contributed by atoms with van der Waals surface area (Å²) in [4.78, 5) is 60.8. The molecule has 0 spiro atoms. The molecule has 3 N–H and O–H groups in total. The smallest absolute Gasteiger partial charge is 0.475 e. The van der Waals surface area contributed by atoms with Gasteiger partial charge in [-0.15, -0.1) is 5.10 Å². The maximum atomic E-state index is 15.8. The summed E-state index contributed by atoms with van der Waals surface area (Å²) in [6, 6.07) is 35.9. The Labute approximate surface area is 477 Å². The number of benzene rings is 4. The van der Waals surface area contributed by atoms with E-state index in [0.717, 1.165) is 16.7 Å². The lowest BCUT2D eigenvalue weighted by molar-refractivity contribution is -0.119. The highest BCUT2D eigenvalue weighted by molar-refractivity contribution is 7.48. The van der Waals surface area contributed by atoms with Gasteiger partial charge >= 0.3 is 7.82 Å². The lowest BCUT2D eigenvalue weighted by Crippen LogP contribution is -2.43. The van der Waals surface area contributed by atoms with Crippen LogP contribution < -0.4 is 25.7 Å². The number of aromatic amines is 1.